The fourth-order valence-corrected chi connectivity index (χ4v) is 5.04. The van der Waals surface area contributed by atoms with Crippen LogP contribution < -0.4 is 16.6 Å². The van der Waals surface area contributed by atoms with Gasteiger partial charge in [-0.05, 0) is 68.2 Å². The van der Waals surface area contributed by atoms with Gasteiger partial charge in [-0.25, -0.2) is 5.43 Å². The number of hydrazine groups is 1. The number of aryl methyl sites for hydroxylation is 3. The molecule has 152 valence electrons. The number of nitrogens with two attached hydrogens (primary N) is 1. The Balaban J connectivity index is 1.73. The van der Waals surface area contributed by atoms with Crippen molar-refractivity contribution in [3.05, 3.63) is 40.6 Å². The number of hydrogen-bond acceptors (Lipinski definition) is 5. The third kappa shape index (κ3) is 3.33. The maximum atomic E-state index is 12.3. The maximum absolute atomic E-state index is 12.3. The number of aromatic nitrogens is 2. The third-order valence-corrected chi connectivity index (χ3v) is 6.80. The predicted molar refractivity (Wildman–Crippen MR) is 111 cm³/mol. The number of nitriles is 1. The van der Waals surface area contributed by atoms with Crippen molar-refractivity contribution in [2.45, 2.75) is 45.1 Å². The quantitative estimate of drug-likeness (QED) is 0.741. The summed E-state index contributed by atoms with van der Waals surface area (Å²) in [7, 11) is 1.93. The van der Waals surface area contributed by atoms with E-state index in [0.717, 1.165) is 47.2 Å². The van der Waals surface area contributed by atoms with Gasteiger partial charge in [-0.1, -0.05) is 0 Å². The SMILES string of the molecule is Cc1cc(C#N)c(-c2c(C3CCC4C(=O)NNC(CN)C4C3)cnn2C)cc1C. The summed E-state index contributed by atoms with van der Waals surface area (Å²) < 4.78 is 1.87. The van der Waals surface area contributed by atoms with Crippen LogP contribution in [0.1, 0.15) is 47.4 Å². The van der Waals surface area contributed by atoms with Gasteiger partial charge in [0, 0.05) is 36.7 Å². The highest BCUT2D eigenvalue weighted by atomic mass is 16.2. The van der Waals surface area contributed by atoms with Crippen LogP contribution in [-0.2, 0) is 11.8 Å². The summed E-state index contributed by atoms with van der Waals surface area (Å²) in [5.74, 6) is 0.577. The van der Waals surface area contributed by atoms with Crippen molar-refractivity contribution < 1.29 is 4.79 Å². The fourth-order valence-electron chi connectivity index (χ4n) is 5.04. The van der Waals surface area contributed by atoms with Crippen LogP contribution in [0.3, 0.4) is 0 Å². The first kappa shape index (κ1) is 19.6. The molecule has 7 nitrogen and oxygen atoms in total. The lowest BCUT2D eigenvalue weighted by Crippen LogP contribution is -2.62. The van der Waals surface area contributed by atoms with Gasteiger partial charge in [0.2, 0.25) is 5.91 Å². The molecule has 1 aliphatic heterocycles. The highest BCUT2D eigenvalue weighted by molar-refractivity contribution is 5.79. The van der Waals surface area contributed by atoms with Crippen LogP contribution in [-0.4, -0.2) is 28.3 Å². The molecule has 4 unspecified atom stereocenters. The largest absolute Gasteiger partial charge is 0.329 e. The van der Waals surface area contributed by atoms with Crippen LogP contribution in [0.2, 0.25) is 0 Å². The van der Waals surface area contributed by atoms with E-state index < -0.39 is 0 Å². The fraction of sp³-hybridized carbons (Fsp3) is 0.500. The van der Waals surface area contributed by atoms with Crippen LogP contribution in [0.5, 0.6) is 0 Å². The summed E-state index contributed by atoms with van der Waals surface area (Å²) in [6.45, 7) is 4.59. The second-order valence-corrected chi connectivity index (χ2v) is 8.42. The Bertz CT molecular complexity index is 988. The molecule has 4 atom stereocenters. The van der Waals surface area contributed by atoms with E-state index in [1.54, 1.807) is 0 Å². The Kier molecular flexibility index (Phi) is 5.15. The number of hydrogen-bond donors (Lipinski definition) is 3. The van der Waals surface area contributed by atoms with Crippen molar-refractivity contribution in [3.63, 3.8) is 0 Å². The van der Waals surface area contributed by atoms with E-state index in [1.165, 1.54) is 0 Å². The van der Waals surface area contributed by atoms with Crippen LogP contribution in [0.25, 0.3) is 11.3 Å². The zero-order valence-corrected chi connectivity index (χ0v) is 17.2. The normalized spacial score (nSPS) is 26.5. The zero-order valence-electron chi connectivity index (χ0n) is 17.2. The van der Waals surface area contributed by atoms with Gasteiger partial charge in [0.15, 0.2) is 0 Å². The minimum atomic E-state index is 0.0115. The molecule has 1 saturated carbocycles. The number of carbonyl (C=O) groups excluding carboxylic acids is 1. The average Bonchev–Trinajstić information content (AvgIpc) is 3.11. The number of nitrogens with one attached hydrogen (secondary N) is 2. The highest BCUT2D eigenvalue weighted by Crippen LogP contribution is 2.45. The number of benzene rings is 1. The number of rotatable bonds is 3. The minimum Gasteiger partial charge on any atom is -0.329 e. The maximum Gasteiger partial charge on any atom is 0.237 e. The molecule has 1 saturated heterocycles. The summed E-state index contributed by atoms with van der Waals surface area (Å²) in [4.78, 5) is 12.3. The van der Waals surface area contributed by atoms with Gasteiger partial charge in [-0.15, -0.1) is 0 Å². The van der Waals surface area contributed by atoms with Crippen molar-refractivity contribution in [1.82, 2.24) is 20.6 Å². The van der Waals surface area contributed by atoms with E-state index in [-0.39, 0.29) is 29.7 Å². The first-order valence-electron chi connectivity index (χ1n) is 10.2. The molecule has 1 aromatic heterocycles. The number of carbonyl (C=O) groups is 1. The minimum absolute atomic E-state index is 0.0115. The molecule has 1 aromatic carbocycles. The molecule has 0 radical (unpaired) electrons. The second-order valence-electron chi connectivity index (χ2n) is 8.42. The molecule has 1 aliphatic carbocycles. The number of nitrogens with zero attached hydrogens (tertiary/aromatic N) is 3. The van der Waals surface area contributed by atoms with Gasteiger partial charge in [0.1, 0.15) is 0 Å². The molecule has 2 aromatic rings. The molecular weight excluding hydrogens is 364 g/mol. The molecule has 29 heavy (non-hydrogen) atoms. The molecule has 2 fully saturated rings. The molecule has 2 heterocycles. The Morgan fingerprint density at radius 1 is 1.31 bits per heavy atom. The first-order valence-corrected chi connectivity index (χ1v) is 10.2. The van der Waals surface area contributed by atoms with Crippen molar-refractivity contribution in [2.75, 3.05) is 6.54 Å². The average molecular weight is 393 g/mol. The van der Waals surface area contributed by atoms with Gasteiger partial charge in [-0.3, -0.25) is 14.9 Å². The molecule has 0 bridgehead atoms. The molecular formula is C22H28N6O. The van der Waals surface area contributed by atoms with Crippen LogP contribution in [0.4, 0.5) is 0 Å². The van der Waals surface area contributed by atoms with Crippen LogP contribution in [0, 0.1) is 37.0 Å². The molecule has 1 amide bonds. The van der Waals surface area contributed by atoms with Gasteiger partial charge in [-0.2, -0.15) is 10.4 Å². The predicted octanol–water partition coefficient (Wildman–Crippen LogP) is 2.04. The molecule has 4 rings (SSSR count). The van der Waals surface area contributed by atoms with Crippen LogP contribution >= 0.6 is 0 Å². The summed E-state index contributed by atoms with van der Waals surface area (Å²) in [6.07, 6.45) is 4.59. The Hall–Kier alpha value is -2.69. The van der Waals surface area contributed by atoms with Gasteiger partial charge < -0.3 is 5.73 Å². The zero-order chi connectivity index (χ0) is 20.7. The van der Waals surface area contributed by atoms with E-state index in [1.807, 2.05) is 30.9 Å². The van der Waals surface area contributed by atoms with E-state index in [0.29, 0.717) is 12.1 Å². The lowest BCUT2D eigenvalue weighted by atomic mass is 9.68. The Morgan fingerprint density at radius 3 is 2.79 bits per heavy atom. The highest BCUT2D eigenvalue weighted by Gasteiger charge is 2.43. The third-order valence-electron chi connectivity index (χ3n) is 6.80. The van der Waals surface area contributed by atoms with Crippen molar-refractivity contribution >= 4 is 5.91 Å². The summed E-state index contributed by atoms with van der Waals surface area (Å²) in [6, 6.07) is 6.49. The lowest BCUT2D eigenvalue weighted by molar-refractivity contribution is -0.133. The van der Waals surface area contributed by atoms with E-state index >= 15 is 0 Å². The van der Waals surface area contributed by atoms with E-state index in [2.05, 4.69) is 35.0 Å². The van der Waals surface area contributed by atoms with Gasteiger partial charge >= 0.3 is 0 Å². The van der Waals surface area contributed by atoms with Crippen molar-refractivity contribution in [2.24, 2.45) is 24.6 Å². The topological polar surface area (TPSA) is 109 Å². The summed E-state index contributed by atoms with van der Waals surface area (Å²) in [5.41, 5.74) is 17.9. The molecule has 4 N–H and O–H groups in total. The lowest BCUT2D eigenvalue weighted by Gasteiger charge is -2.43. The van der Waals surface area contributed by atoms with E-state index in [4.69, 9.17) is 5.73 Å². The van der Waals surface area contributed by atoms with Gasteiger partial charge in [0.25, 0.3) is 0 Å². The Morgan fingerprint density at radius 2 is 2.07 bits per heavy atom. The summed E-state index contributed by atoms with van der Waals surface area (Å²) >= 11 is 0. The molecule has 0 spiro atoms. The number of amides is 1. The second kappa shape index (κ2) is 7.62. The van der Waals surface area contributed by atoms with Crippen LogP contribution in [0.15, 0.2) is 18.3 Å². The molecule has 2 aliphatic rings. The molecule has 7 heteroatoms. The number of fused-ring (bicyclic) bond motifs is 1. The van der Waals surface area contributed by atoms with Crippen molar-refractivity contribution in [3.8, 4) is 17.3 Å². The summed E-state index contributed by atoms with van der Waals surface area (Å²) in [5, 5.41) is 14.3. The standard InChI is InChI=1S/C22H28N6O/c1-12-6-15(9-23)17(7-13(12)2)21-19(11-25-28(21)3)14-4-5-16-18(8-14)20(10-24)26-27-22(16)29/h6-7,11,14,16,18,20,26H,4-5,8,10,24H2,1-3H3,(H,27,29). The van der Waals surface area contributed by atoms with Crippen molar-refractivity contribution in [1.29, 1.82) is 5.26 Å². The monoisotopic (exact) mass is 392 g/mol. The smallest absolute Gasteiger partial charge is 0.237 e. The Labute approximate surface area is 171 Å². The van der Waals surface area contributed by atoms with Gasteiger partial charge in [0.05, 0.1) is 23.5 Å². The first-order chi connectivity index (χ1) is 13.9. The van der Waals surface area contributed by atoms with E-state index in [9.17, 15) is 10.1 Å².